The number of benzene rings is 2. The third-order valence-corrected chi connectivity index (χ3v) is 3.09. The number of hydrogen-bond acceptors (Lipinski definition) is 2. The zero-order valence-corrected chi connectivity index (χ0v) is 11.1. The molecule has 0 unspecified atom stereocenters. The Bertz CT molecular complexity index is 600. The molecule has 0 fully saturated rings. The summed E-state index contributed by atoms with van der Waals surface area (Å²) in [7, 11) is 0. The molecule has 2 nitrogen and oxygen atoms in total. The van der Waals surface area contributed by atoms with Gasteiger partial charge in [0.1, 0.15) is 5.82 Å². The molecule has 0 saturated heterocycles. The highest BCUT2D eigenvalue weighted by molar-refractivity contribution is 6.33. The molecule has 0 heterocycles. The Kier molecular flexibility index (Phi) is 3.64. The lowest BCUT2D eigenvalue weighted by Crippen LogP contribution is -1.98. The molecule has 0 bridgehead atoms. The predicted octanol–water partition coefficient (Wildman–Crippen LogP) is 4.77. The number of aryl methyl sites for hydroxylation is 1. The average molecular weight is 285 g/mol. The lowest BCUT2D eigenvalue weighted by Gasteiger charge is -2.12. The molecule has 2 aromatic carbocycles. The highest BCUT2D eigenvalue weighted by Crippen LogP contribution is 2.32. The van der Waals surface area contributed by atoms with Gasteiger partial charge in [-0.2, -0.15) is 0 Å². The SMILES string of the molecule is Cc1ccc(Nc2cc(Cl)c(F)cc2N)c(Cl)c1. The van der Waals surface area contributed by atoms with Crippen molar-refractivity contribution in [3.8, 4) is 0 Å². The van der Waals surface area contributed by atoms with E-state index in [1.54, 1.807) is 0 Å². The molecule has 18 heavy (non-hydrogen) atoms. The molecule has 0 aliphatic carbocycles. The standard InChI is InChI=1S/C13H11Cl2FN2/c1-7-2-3-12(9(15)4-7)18-13-5-8(14)10(16)6-11(13)17/h2-6,18H,17H2,1H3. The highest BCUT2D eigenvalue weighted by atomic mass is 35.5. The fraction of sp³-hybridized carbons (Fsp3) is 0.0769. The van der Waals surface area contributed by atoms with Gasteiger partial charge in [-0.1, -0.05) is 29.3 Å². The molecule has 5 heteroatoms. The average Bonchev–Trinajstić information content (AvgIpc) is 2.29. The first-order chi connectivity index (χ1) is 8.47. The van der Waals surface area contributed by atoms with Crippen LogP contribution in [0.2, 0.25) is 10.0 Å². The maximum Gasteiger partial charge on any atom is 0.143 e. The van der Waals surface area contributed by atoms with Crippen LogP contribution in [0.15, 0.2) is 30.3 Å². The Morgan fingerprint density at radius 3 is 2.44 bits per heavy atom. The van der Waals surface area contributed by atoms with E-state index in [1.807, 2.05) is 25.1 Å². The van der Waals surface area contributed by atoms with Gasteiger partial charge in [0.15, 0.2) is 0 Å². The molecule has 0 amide bonds. The Hall–Kier alpha value is -1.45. The minimum absolute atomic E-state index is 0.00920. The first-order valence-electron chi connectivity index (χ1n) is 5.25. The Morgan fingerprint density at radius 2 is 1.78 bits per heavy atom. The van der Waals surface area contributed by atoms with Crippen LogP contribution < -0.4 is 11.1 Å². The molecule has 3 N–H and O–H groups in total. The van der Waals surface area contributed by atoms with Gasteiger partial charge in [0.2, 0.25) is 0 Å². The van der Waals surface area contributed by atoms with E-state index in [1.165, 1.54) is 12.1 Å². The van der Waals surface area contributed by atoms with Crippen LogP contribution in [0.3, 0.4) is 0 Å². The molecule has 0 spiro atoms. The summed E-state index contributed by atoms with van der Waals surface area (Å²) in [4.78, 5) is 0. The van der Waals surface area contributed by atoms with Crippen molar-refractivity contribution in [2.45, 2.75) is 6.92 Å². The predicted molar refractivity (Wildman–Crippen MR) is 75.3 cm³/mol. The van der Waals surface area contributed by atoms with Crippen LogP contribution in [0.25, 0.3) is 0 Å². The lowest BCUT2D eigenvalue weighted by atomic mass is 10.2. The van der Waals surface area contributed by atoms with Gasteiger partial charge in [-0.3, -0.25) is 0 Å². The van der Waals surface area contributed by atoms with Gasteiger partial charge in [0.25, 0.3) is 0 Å². The van der Waals surface area contributed by atoms with E-state index in [0.717, 1.165) is 5.56 Å². The summed E-state index contributed by atoms with van der Waals surface area (Å²) in [5.41, 5.74) is 8.25. The number of nitrogens with one attached hydrogen (secondary N) is 1. The van der Waals surface area contributed by atoms with Gasteiger partial charge in [-0.05, 0) is 30.7 Å². The molecular weight excluding hydrogens is 274 g/mol. The maximum absolute atomic E-state index is 13.2. The molecule has 0 atom stereocenters. The van der Waals surface area contributed by atoms with Crippen LogP contribution >= 0.6 is 23.2 Å². The van der Waals surface area contributed by atoms with Crippen molar-refractivity contribution in [2.24, 2.45) is 0 Å². The van der Waals surface area contributed by atoms with Gasteiger partial charge in [0.05, 0.1) is 27.1 Å². The van der Waals surface area contributed by atoms with Crippen LogP contribution in [-0.2, 0) is 0 Å². The number of nitrogen functional groups attached to an aromatic ring is 1. The van der Waals surface area contributed by atoms with Crippen LogP contribution in [0, 0.1) is 12.7 Å². The van der Waals surface area contributed by atoms with E-state index in [9.17, 15) is 4.39 Å². The first-order valence-corrected chi connectivity index (χ1v) is 6.00. The summed E-state index contributed by atoms with van der Waals surface area (Å²) < 4.78 is 13.2. The van der Waals surface area contributed by atoms with Crippen molar-refractivity contribution in [1.29, 1.82) is 0 Å². The summed E-state index contributed by atoms with van der Waals surface area (Å²) >= 11 is 11.8. The zero-order chi connectivity index (χ0) is 13.3. The topological polar surface area (TPSA) is 38.0 Å². The Morgan fingerprint density at radius 1 is 1.06 bits per heavy atom. The highest BCUT2D eigenvalue weighted by Gasteiger charge is 2.08. The van der Waals surface area contributed by atoms with Crippen LogP contribution in [0.1, 0.15) is 5.56 Å². The molecule has 0 aliphatic rings. The van der Waals surface area contributed by atoms with Gasteiger partial charge >= 0.3 is 0 Å². The minimum Gasteiger partial charge on any atom is -0.397 e. The van der Waals surface area contributed by atoms with E-state index >= 15 is 0 Å². The second-order valence-corrected chi connectivity index (χ2v) is 4.78. The normalized spacial score (nSPS) is 10.4. The first kappa shape index (κ1) is 13.0. The second-order valence-electron chi connectivity index (χ2n) is 3.96. The van der Waals surface area contributed by atoms with Crippen LogP contribution in [-0.4, -0.2) is 0 Å². The molecular formula is C13H11Cl2FN2. The summed E-state index contributed by atoms with van der Waals surface area (Å²) in [6.07, 6.45) is 0. The molecule has 94 valence electrons. The van der Waals surface area contributed by atoms with E-state index in [0.29, 0.717) is 16.4 Å². The summed E-state index contributed by atoms with van der Waals surface area (Å²) in [5.74, 6) is -0.547. The third-order valence-electron chi connectivity index (χ3n) is 2.49. The quantitative estimate of drug-likeness (QED) is 0.780. The van der Waals surface area contributed by atoms with E-state index in [-0.39, 0.29) is 10.7 Å². The fourth-order valence-electron chi connectivity index (χ4n) is 1.54. The van der Waals surface area contributed by atoms with E-state index < -0.39 is 5.82 Å². The Labute approximate surface area is 115 Å². The van der Waals surface area contributed by atoms with Gasteiger partial charge in [0, 0.05) is 6.07 Å². The number of rotatable bonds is 2. The van der Waals surface area contributed by atoms with Crippen LogP contribution in [0.4, 0.5) is 21.5 Å². The van der Waals surface area contributed by atoms with Gasteiger partial charge < -0.3 is 11.1 Å². The monoisotopic (exact) mass is 284 g/mol. The number of hydrogen-bond donors (Lipinski definition) is 2. The second kappa shape index (κ2) is 5.04. The van der Waals surface area contributed by atoms with Crippen molar-refractivity contribution >= 4 is 40.3 Å². The van der Waals surface area contributed by atoms with Crippen molar-refractivity contribution in [2.75, 3.05) is 11.1 Å². The molecule has 0 aliphatic heterocycles. The molecule has 0 radical (unpaired) electrons. The molecule has 0 saturated carbocycles. The smallest absolute Gasteiger partial charge is 0.143 e. The number of nitrogens with two attached hydrogens (primary N) is 1. The van der Waals surface area contributed by atoms with Gasteiger partial charge in [-0.25, -0.2) is 4.39 Å². The third kappa shape index (κ3) is 2.68. The zero-order valence-electron chi connectivity index (χ0n) is 9.60. The van der Waals surface area contributed by atoms with Crippen molar-refractivity contribution < 1.29 is 4.39 Å². The summed E-state index contributed by atoms with van der Waals surface area (Å²) in [6.45, 7) is 1.94. The largest absolute Gasteiger partial charge is 0.397 e. The van der Waals surface area contributed by atoms with Crippen molar-refractivity contribution in [1.82, 2.24) is 0 Å². The molecule has 0 aromatic heterocycles. The van der Waals surface area contributed by atoms with Crippen LogP contribution in [0.5, 0.6) is 0 Å². The molecule has 2 aromatic rings. The Balaban J connectivity index is 2.37. The fourth-order valence-corrected chi connectivity index (χ4v) is 1.98. The van der Waals surface area contributed by atoms with Crippen molar-refractivity contribution in [3.05, 3.63) is 51.8 Å². The maximum atomic E-state index is 13.2. The summed E-state index contributed by atoms with van der Waals surface area (Å²) in [5, 5.41) is 3.60. The molecule has 2 rings (SSSR count). The number of halogens is 3. The van der Waals surface area contributed by atoms with E-state index in [4.69, 9.17) is 28.9 Å². The van der Waals surface area contributed by atoms with Gasteiger partial charge in [-0.15, -0.1) is 0 Å². The van der Waals surface area contributed by atoms with Crippen molar-refractivity contribution in [3.63, 3.8) is 0 Å². The summed E-state index contributed by atoms with van der Waals surface area (Å²) in [6, 6.07) is 8.17. The lowest BCUT2D eigenvalue weighted by molar-refractivity contribution is 0.629. The van der Waals surface area contributed by atoms with E-state index in [2.05, 4.69) is 5.32 Å². The number of anilines is 3. The minimum atomic E-state index is -0.547.